The number of benzene rings is 2. The summed E-state index contributed by atoms with van der Waals surface area (Å²) in [5.41, 5.74) is -1.27. The molecule has 0 aliphatic heterocycles. The standard InChI is InChI=1S/C22H15F4N3O4S/c1-10-16(33-2)9-28-22-18(10)12(8-27-22)21(30)19-14(25)5-6-15(20(19)26)29-34(31,32)17-7-11(23)3-4-13(17)24/h3-9,29H,1-2H3,(H,27,28). The minimum atomic E-state index is -4.82. The van der Waals surface area contributed by atoms with Crippen LogP contribution in [0.4, 0.5) is 23.2 Å². The number of ketones is 1. The van der Waals surface area contributed by atoms with Crippen LogP contribution in [0, 0.1) is 30.2 Å². The summed E-state index contributed by atoms with van der Waals surface area (Å²) in [5, 5.41) is 0.260. The van der Waals surface area contributed by atoms with Gasteiger partial charge in [-0.25, -0.2) is 31.0 Å². The molecule has 34 heavy (non-hydrogen) atoms. The number of fused-ring (bicyclic) bond motifs is 1. The molecule has 0 amide bonds. The first-order chi connectivity index (χ1) is 16.0. The van der Waals surface area contributed by atoms with Gasteiger partial charge in [0.05, 0.1) is 30.1 Å². The van der Waals surface area contributed by atoms with Crippen molar-refractivity contribution in [2.24, 2.45) is 0 Å². The first-order valence-electron chi connectivity index (χ1n) is 9.56. The molecular weight excluding hydrogens is 478 g/mol. The molecule has 0 atom stereocenters. The number of nitrogens with zero attached hydrogens (tertiary/aromatic N) is 1. The normalized spacial score (nSPS) is 11.6. The summed E-state index contributed by atoms with van der Waals surface area (Å²) in [5.74, 6) is -5.89. The molecule has 2 heterocycles. The molecule has 0 saturated heterocycles. The number of aromatic nitrogens is 2. The molecule has 0 spiro atoms. The molecule has 2 aromatic carbocycles. The van der Waals surface area contributed by atoms with Crippen LogP contribution in [0.2, 0.25) is 0 Å². The van der Waals surface area contributed by atoms with Gasteiger partial charge in [0.15, 0.2) is 5.82 Å². The first kappa shape index (κ1) is 23.2. The van der Waals surface area contributed by atoms with E-state index in [4.69, 9.17) is 4.74 Å². The molecule has 0 unspecified atom stereocenters. The number of anilines is 1. The number of halogens is 4. The summed E-state index contributed by atoms with van der Waals surface area (Å²) < 4.78 is 89.2. The van der Waals surface area contributed by atoms with Gasteiger partial charge in [-0.1, -0.05) is 0 Å². The number of hydrogen-bond donors (Lipinski definition) is 2. The fourth-order valence-electron chi connectivity index (χ4n) is 3.48. The van der Waals surface area contributed by atoms with Crippen molar-refractivity contribution in [2.45, 2.75) is 11.8 Å². The largest absolute Gasteiger partial charge is 0.495 e. The Morgan fingerprint density at radius 3 is 2.50 bits per heavy atom. The van der Waals surface area contributed by atoms with Crippen molar-refractivity contribution in [3.63, 3.8) is 0 Å². The van der Waals surface area contributed by atoms with E-state index in [0.717, 1.165) is 6.07 Å². The Morgan fingerprint density at radius 1 is 1.09 bits per heavy atom. The van der Waals surface area contributed by atoms with Crippen molar-refractivity contribution in [1.82, 2.24) is 9.97 Å². The lowest BCUT2D eigenvalue weighted by Crippen LogP contribution is -2.18. The van der Waals surface area contributed by atoms with Gasteiger partial charge in [-0.15, -0.1) is 0 Å². The minimum Gasteiger partial charge on any atom is -0.495 e. The summed E-state index contributed by atoms with van der Waals surface area (Å²) in [7, 11) is -3.43. The highest BCUT2D eigenvalue weighted by Crippen LogP contribution is 2.32. The van der Waals surface area contributed by atoms with Crippen LogP contribution in [0.5, 0.6) is 5.75 Å². The molecule has 4 rings (SSSR count). The van der Waals surface area contributed by atoms with E-state index in [0.29, 0.717) is 35.6 Å². The highest BCUT2D eigenvalue weighted by Gasteiger charge is 2.28. The molecule has 12 heteroatoms. The van der Waals surface area contributed by atoms with Crippen LogP contribution < -0.4 is 9.46 Å². The third-order valence-electron chi connectivity index (χ3n) is 5.12. The molecule has 2 N–H and O–H groups in total. The van der Waals surface area contributed by atoms with E-state index >= 15 is 4.39 Å². The SMILES string of the molecule is COc1cnc2[nH]cc(C(=O)c3c(F)ccc(NS(=O)(=O)c4cc(F)ccc4F)c3F)c2c1C. The molecule has 176 valence electrons. The van der Waals surface area contributed by atoms with E-state index in [9.17, 15) is 26.4 Å². The van der Waals surface area contributed by atoms with E-state index in [1.54, 1.807) is 11.6 Å². The molecular formula is C22H15F4N3O4S. The maximum absolute atomic E-state index is 15.2. The van der Waals surface area contributed by atoms with Gasteiger partial charge in [-0.2, -0.15) is 0 Å². The number of sulfonamides is 1. The van der Waals surface area contributed by atoms with Gasteiger partial charge in [0.25, 0.3) is 10.0 Å². The third kappa shape index (κ3) is 3.85. The Kier molecular flexibility index (Phi) is 5.77. The second-order valence-electron chi connectivity index (χ2n) is 7.17. The van der Waals surface area contributed by atoms with Crippen LogP contribution in [-0.4, -0.2) is 31.3 Å². The predicted molar refractivity (Wildman–Crippen MR) is 114 cm³/mol. The van der Waals surface area contributed by atoms with Crippen molar-refractivity contribution in [3.05, 3.63) is 82.7 Å². The highest BCUT2D eigenvalue weighted by molar-refractivity contribution is 7.92. The second-order valence-corrected chi connectivity index (χ2v) is 8.82. The molecule has 0 aliphatic carbocycles. The second kappa shape index (κ2) is 8.45. The lowest BCUT2D eigenvalue weighted by Gasteiger charge is -2.13. The Labute approximate surface area is 190 Å². The molecule has 0 saturated carbocycles. The van der Waals surface area contributed by atoms with E-state index in [1.165, 1.54) is 19.5 Å². The van der Waals surface area contributed by atoms with Crippen molar-refractivity contribution in [3.8, 4) is 5.75 Å². The Bertz CT molecular complexity index is 1570. The van der Waals surface area contributed by atoms with Gasteiger partial charge in [0.1, 0.15) is 33.7 Å². The number of carbonyl (C=O) groups is 1. The average Bonchev–Trinajstić information content (AvgIpc) is 3.22. The molecule has 2 aromatic heterocycles. The lowest BCUT2D eigenvalue weighted by molar-refractivity contribution is 0.103. The van der Waals surface area contributed by atoms with E-state index in [1.807, 2.05) is 0 Å². The number of nitrogens with one attached hydrogen (secondary N) is 2. The van der Waals surface area contributed by atoms with Crippen LogP contribution in [0.15, 0.2) is 47.6 Å². The van der Waals surface area contributed by atoms with Crippen LogP contribution >= 0.6 is 0 Å². The Morgan fingerprint density at radius 2 is 1.79 bits per heavy atom. The summed E-state index contributed by atoms with van der Waals surface area (Å²) in [6.07, 6.45) is 2.62. The number of carbonyl (C=O) groups excluding carboxylic acids is 1. The fraction of sp³-hybridized carbons (Fsp3) is 0.0909. The Balaban J connectivity index is 1.81. The Hall–Kier alpha value is -3.93. The van der Waals surface area contributed by atoms with Crippen LogP contribution in [-0.2, 0) is 10.0 Å². The van der Waals surface area contributed by atoms with Crippen LogP contribution in [0.25, 0.3) is 11.0 Å². The van der Waals surface area contributed by atoms with Crippen molar-refractivity contribution in [2.75, 3.05) is 11.8 Å². The fourth-order valence-corrected chi connectivity index (χ4v) is 4.63. The lowest BCUT2D eigenvalue weighted by atomic mass is 9.99. The quantitative estimate of drug-likeness (QED) is 0.305. The van der Waals surface area contributed by atoms with E-state index in [-0.39, 0.29) is 16.6 Å². The van der Waals surface area contributed by atoms with Gasteiger partial charge < -0.3 is 9.72 Å². The zero-order valence-electron chi connectivity index (χ0n) is 17.5. The average molecular weight is 493 g/mol. The minimum absolute atomic E-state index is 0.132. The third-order valence-corrected chi connectivity index (χ3v) is 6.51. The van der Waals surface area contributed by atoms with Gasteiger partial charge in [-0.3, -0.25) is 9.52 Å². The molecule has 0 radical (unpaired) electrons. The summed E-state index contributed by atoms with van der Waals surface area (Å²) in [6, 6.07) is 3.09. The number of H-pyrrole nitrogens is 1. The smallest absolute Gasteiger partial charge is 0.265 e. The summed E-state index contributed by atoms with van der Waals surface area (Å²) in [6.45, 7) is 1.62. The van der Waals surface area contributed by atoms with Crippen LogP contribution in [0.1, 0.15) is 21.5 Å². The molecule has 0 aliphatic rings. The zero-order chi connectivity index (χ0) is 24.8. The molecule has 0 fully saturated rings. The van der Waals surface area contributed by atoms with Gasteiger partial charge >= 0.3 is 0 Å². The topological polar surface area (TPSA) is 101 Å². The zero-order valence-corrected chi connectivity index (χ0v) is 18.4. The molecule has 4 aromatic rings. The number of aromatic amines is 1. The number of rotatable bonds is 6. The van der Waals surface area contributed by atoms with Crippen molar-refractivity contribution >= 4 is 32.5 Å². The number of aryl methyl sites for hydroxylation is 1. The number of methoxy groups -OCH3 is 1. The van der Waals surface area contributed by atoms with Crippen LogP contribution in [0.3, 0.4) is 0 Å². The monoisotopic (exact) mass is 493 g/mol. The van der Waals surface area contributed by atoms with Gasteiger partial charge in [-0.05, 0) is 37.3 Å². The van der Waals surface area contributed by atoms with Gasteiger partial charge in [0, 0.05) is 17.1 Å². The maximum atomic E-state index is 15.2. The molecule has 7 nitrogen and oxygen atoms in total. The van der Waals surface area contributed by atoms with Gasteiger partial charge in [0.2, 0.25) is 5.78 Å². The van der Waals surface area contributed by atoms with E-state index in [2.05, 4.69) is 9.97 Å². The summed E-state index contributed by atoms with van der Waals surface area (Å²) in [4.78, 5) is 18.9. The predicted octanol–water partition coefficient (Wildman–Crippen LogP) is 4.47. The van der Waals surface area contributed by atoms with Crippen molar-refractivity contribution in [1.29, 1.82) is 0 Å². The first-order valence-corrected chi connectivity index (χ1v) is 11.0. The highest BCUT2D eigenvalue weighted by atomic mass is 32.2. The van der Waals surface area contributed by atoms with E-state index < -0.39 is 55.2 Å². The summed E-state index contributed by atoms with van der Waals surface area (Å²) >= 11 is 0. The molecule has 0 bridgehead atoms. The number of pyridine rings is 1. The number of hydrogen-bond acceptors (Lipinski definition) is 5. The van der Waals surface area contributed by atoms with Crippen molar-refractivity contribution < 1.29 is 35.5 Å². The maximum Gasteiger partial charge on any atom is 0.265 e. The number of ether oxygens (including phenoxy) is 1.